The summed E-state index contributed by atoms with van der Waals surface area (Å²) in [5.74, 6) is 7.07. The van der Waals surface area contributed by atoms with Crippen LogP contribution < -0.4 is 0 Å². The van der Waals surface area contributed by atoms with E-state index in [1.54, 1.807) is 0 Å². The topological polar surface area (TPSA) is 38.8 Å². The summed E-state index contributed by atoms with van der Waals surface area (Å²) < 4.78 is 12.2. The predicted octanol–water partition coefficient (Wildman–Crippen LogP) is 5.56. The van der Waals surface area contributed by atoms with Crippen molar-refractivity contribution >= 4 is 14.2 Å². The second-order valence-electron chi connectivity index (χ2n) is 9.52. The molecule has 0 aromatic heterocycles. The Kier molecular flexibility index (Phi) is 9.15. The van der Waals surface area contributed by atoms with Gasteiger partial charge in [0, 0.05) is 51.4 Å². The molecule has 1 fully saturated rings. The SMILES string of the molecule is CCOC1CCC(=O)N1CCC#CCC(CO[Si](C)(C)C(C)(C)C)c1ccccc1. The predicted molar refractivity (Wildman–Crippen MR) is 126 cm³/mol. The summed E-state index contributed by atoms with van der Waals surface area (Å²) in [6.45, 7) is 15.3. The van der Waals surface area contributed by atoms with E-state index in [9.17, 15) is 4.79 Å². The fourth-order valence-electron chi connectivity index (χ4n) is 3.33. The van der Waals surface area contributed by atoms with Crippen LogP contribution in [-0.2, 0) is 14.0 Å². The molecule has 1 heterocycles. The van der Waals surface area contributed by atoms with Crippen molar-refractivity contribution in [3.63, 3.8) is 0 Å². The molecule has 0 spiro atoms. The highest BCUT2D eigenvalue weighted by Crippen LogP contribution is 2.37. The molecule has 0 radical (unpaired) electrons. The van der Waals surface area contributed by atoms with Gasteiger partial charge in [0.25, 0.3) is 0 Å². The summed E-state index contributed by atoms with van der Waals surface area (Å²) in [7, 11) is -1.80. The minimum Gasteiger partial charge on any atom is -0.416 e. The molecule has 1 amide bonds. The zero-order valence-electron chi connectivity index (χ0n) is 19.7. The molecule has 2 unspecified atom stereocenters. The summed E-state index contributed by atoms with van der Waals surface area (Å²) in [5, 5.41) is 0.194. The maximum absolute atomic E-state index is 12.1. The zero-order chi connectivity index (χ0) is 22.2. The van der Waals surface area contributed by atoms with Crippen molar-refractivity contribution in [2.45, 2.75) is 83.7 Å². The normalized spacial score (nSPS) is 18.3. The fourth-order valence-corrected chi connectivity index (χ4v) is 4.38. The number of likely N-dealkylation sites (tertiary alicyclic amines) is 1. The number of carbonyl (C=O) groups is 1. The zero-order valence-corrected chi connectivity index (χ0v) is 20.7. The minimum absolute atomic E-state index is 0.0700. The van der Waals surface area contributed by atoms with Crippen molar-refractivity contribution in [1.82, 2.24) is 4.90 Å². The first-order valence-corrected chi connectivity index (χ1v) is 14.1. The molecular formula is C25H39NO3Si. The van der Waals surface area contributed by atoms with Crippen LogP contribution >= 0.6 is 0 Å². The number of ether oxygens (including phenoxy) is 1. The van der Waals surface area contributed by atoms with Crippen LogP contribution in [0.4, 0.5) is 0 Å². The van der Waals surface area contributed by atoms with Gasteiger partial charge in [-0.15, -0.1) is 11.8 Å². The lowest BCUT2D eigenvalue weighted by molar-refractivity contribution is -0.135. The Balaban J connectivity index is 1.95. The molecule has 4 nitrogen and oxygen atoms in total. The molecule has 0 bridgehead atoms. The molecule has 2 atom stereocenters. The van der Waals surface area contributed by atoms with Crippen LogP contribution in [-0.4, -0.2) is 45.1 Å². The van der Waals surface area contributed by atoms with E-state index in [4.69, 9.17) is 9.16 Å². The first kappa shape index (κ1) is 24.7. The van der Waals surface area contributed by atoms with Crippen molar-refractivity contribution in [3.8, 4) is 11.8 Å². The van der Waals surface area contributed by atoms with E-state index in [-0.39, 0.29) is 23.1 Å². The number of rotatable bonds is 9. The monoisotopic (exact) mass is 429 g/mol. The van der Waals surface area contributed by atoms with Gasteiger partial charge in [0.2, 0.25) is 5.91 Å². The van der Waals surface area contributed by atoms with Crippen molar-refractivity contribution in [1.29, 1.82) is 0 Å². The molecule has 166 valence electrons. The Morgan fingerprint density at radius 3 is 2.53 bits per heavy atom. The number of hydrogen-bond acceptors (Lipinski definition) is 3. The average Bonchev–Trinajstić information content (AvgIpc) is 3.03. The van der Waals surface area contributed by atoms with E-state index in [0.717, 1.165) is 12.8 Å². The van der Waals surface area contributed by atoms with Gasteiger partial charge in [-0.3, -0.25) is 4.79 Å². The van der Waals surface area contributed by atoms with Gasteiger partial charge in [-0.2, -0.15) is 0 Å². The van der Waals surface area contributed by atoms with Crippen LogP contribution in [0.2, 0.25) is 18.1 Å². The standard InChI is InChI=1S/C25H39NO3Si/c1-7-28-24-18-17-23(27)26(24)19-13-9-12-16-22(21-14-10-8-11-15-21)20-29-30(5,6)25(2,3)4/h8,10-11,14-15,22,24H,7,13,16-20H2,1-6H3. The number of amides is 1. The maximum Gasteiger partial charge on any atom is 0.224 e. The Bertz CT molecular complexity index is 730. The summed E-state index contributed by atoms with van der Waals surface area (Å²) in [6, 6.07) is 10.5. The Hall–Kier alpha value is -1.61. The van der Waals surface area contributed by atoms with Crippen LogP contribution in [0.5, 0.6) is 0 Å². The molecule has 30 heavy (non-hydrogen) atoms. The Labute approximate surface area is 184 Å². The van der Waals surface area contributed by atoms with Gasteiger partial charge < -0.3 is 14.1 Å². The van der Waals surface area contributed by atoms with Gasteiger partial charge in [-0.1, -0.05) is 51.1 Å². The quantitative estimate of drug-likeness (QED) is 0.381. The first-order chi connectivity index (χ1) is 14.2. The summed E-state index contributed by atoms with van der Waals surface area (Å²) in [6.07, 6.45) is 2.75. The second-order valence-corrected chi connectivity index (χ2v) is 14.3. The summed E-state index contributed by atoms with van der Waals surface area (Å²) in [5.41, 5.74) is 1.27. The number of carbonyl (C=O) groups excluding carboxylic acids is 1. The van der Waals surface area contributed by atoms with Crippen molar-refractivity contribution in [2.24, 2.45) is 0 Å². The number of nitrogens with zero attached hydrogens (tertiary/aromatic N) is 1. The molecule has 1 aliphatic rings. The highest BCUT2D eigenvalue weighted by Gasteiger charge is 2.37. The number of hydrogen-bond donors (Lipinski definition) is 0. The highest BCUT2D eigenvalue weighted by molar-refractivity contribution is 6.74. The first-order valence-electron chi connectivity index (χ1n) is 11.2. The highest BCUT2D eigenvalue weighted by atomic mass is 28.4. The van der Waals surface area contributed by atoms with Crippen LogP contribution in [0.15, 0.2) is 30.3 Å². The molecule has 1 aliphatic heterocycles. The lowest BCUT2D eigenvalue weighted by atomic mass is 9.97. The van der Waals surface area contributed by atoms with Crippen LogP contribution in [0, 0.1) is 11.8 Å². The molecule has 1 aromatic rings. The third-order valence-corrected chi connectivity index (χ3v) is 10.8. The molecule has 2 rings (SSSR count). The third-order valence-electron chi connectivity index (χ3n) is 6.31. The lowest BCUT2D eigenvalue weighted by Crippen LogP contribution is -2.41. The summed E-state index contributed by atoms with van der Waals surface area (Å²) in [4.78, 5) is 13.9. The minimum atomic E-state index is -1.80. The summed E-state index contributed by atoms with van der Waals surface area (Å²) >= 11 is 0. The molecule has 5 heteroatoms. The molecule has 0 saturated carbocycles. The number of benzene rings is 1. The van der Waals surface area contributed by atoms with E-state index < -0.39 is 8.32 Å². The molecule has 0 aliphatic carbocycles. The fraction of sp³-hybridized carbons (Fsp3) is 0.640. The van der Waals surface area contributed by atoms with E-state index in [0.29, 0.717) is 32.6 Å². The van der Waals surface area contributed by atoms with E-state index >= 15 is 0 Å². The Morgan fingerprint density at radius 1 is 1.20 bits per heavy atom. The Morgan fingerprint density at radius 2 is 1.90 bits per heavy atom. The van der Waals surface area contributed by atoms with Crippen molar-refractivity contribution < 1.29 is 14.0 Å². The van der Waals surface area contributed by atoms with E-state index in [2.05, 4.69) is 70.0 Å². The van der Waals surface area contributed by atoms with E-state index in [1.807, 2.05) is 17.9 Å². The van der Waals surface area contributed by atoms with Gasteiger partial charge in [0.15, 0.2) is 8.32 Å². The van der Waals surface area contributed by atoms with Gasteiger partial charge in [0.1, 0.15) is 6.23 Å². The largest absolute Gasteiger partial charge is 0.416 e. The smallest absolute Gasteiger partial charge is 0.224 e. The third kappa shape index (κ3) is 6.97. The van der Waals surface area contributed by atoms with Crippen molar-refractivity contribution in [3.05, 3.63) is 35.9 Å². The average molecular weight is 430 g/mol. The lowest BCUT2D eigenvalue weighted by Gasteiger charge is -2.37. The van der Waals surface area contributed by atoms with Gasteiger partial charge in [-0.25, -0.2) is 0 Å². The van der Waals surface area contributed by atoms with Gasteiger partial charge in [0.05, 0.1) is 0 Å². The van der Waals surface area contributed by atoms with Crippen LogP contribution in [0.3, 0.4) is 0 Å². The molecule has 1 saturated heterocycles. The van der Waals surface area contributed by atoms with Crippen LogP contribution in [0.1, 0.15) is 64.9 Å². The van der Waals surface area contributed by atoms with Crippen molar-refractivity contribution in [2.75, 3.05) is 19.8 Å². The second kappa shape index (κ2) is 11.1. The maximum atomic E-state index is 12.1. The van der Waals surface area contributed by atoms with E-state index in [1.165, 1.54) is 5.56 Å². The molecule has 1 aromatic carbocycles. The van der Waals surface area contributed by atoms with Gasteiger partial charge >= 0.3 is 0 Å². The molecule has 0 N–H and O–H groups in total. The van der Waals surface area contributed by atoms with Crippen LogP contribution in [0.25, 0.3) is 0 Å². The molecular weight excluding hydrogens is 390 g/mol. The van der Waals surface area contributed by atoms with Gasteiger partial charge in [-0.05, 0) is 30.6 Å².